The summed E-state index contributed by atoms with van der Waals surface area (Å²) in [7, 11) is 0. The van der Waals surface area contributed by atoms with E-state index >= 15 is 0 Å². The molecule has 0 saturated carbocycles. The van der Waals surface area contributed by atoms with Crippen LogP contribution < -0.4 is 0 Å². The smallest absolute Gasteiger partial charge is 0.339 e. The van der Waals surface area contributed by atoms with Crippen molar-refractivity contribution in [1.82, 2.24) is 4.98 Å². The van der Waals surface area contributed by atoms with Gasteiger partial charge in [-0.3, -0.25) is 15.1 Å². The molecular weight excluding hydrogens is 296 g/mol. The highest BCUT2D eigenvalue weighted by Crippen LogP contribution is 2.33. The standard InChI is InChI=1S/C17H16N2O4/c1-2-23-17(20)15-10-18-16(14-5-3-4-13(14)15)11-6-8-12(9-7-11)19(21)22/h6-10H,2-5H2,1H3. The molecule has 0 amide bonds. The molecule has 0 atom stereocenters. The van der Waals surface area contributed by atoms with Gasteiger partial charge < -0.3 is 4.74 Å². The van der Waals surface area contributed by atoms with Gasteiger partial charge in [-0.2, -0.15) is 0 Å². The number of nitro groups is 1. The number of pyridine rings is 1. The van der Waals surface area contributed by atoms with Crippen LogP contribution in [0.15, 0.2) is 30.5 Å². The van der Waals surface area contributed by atoms with Crippen LogP contribution in [-0.4, -0.2) is 22.5 Å². The summed E-state index contributed by atoms with van der Waals surface area (Å²) in [4.78, 5) is 26.8. The van der Waals surface area contributed by atoms with Gasteiger partial charge in [-0.25, -0.2) is 4.79 Å². The van der Waals surface area contributed by atoms with E-state index < -0.39 is 4.92 Å². The summed E-state index contributed by atoms with van der Waals surface area (Å²) in [5.74, 6) is -0.339. The van der Waals surface area contributed by atoms with Crippen molar-refractivity contribution >= 4 is 11.7 Å². The lowest BCUT2D eigenvalue weighted by atomic mass is 9.99. The number of carbonyl (C=O) groups is 1. The number of fused-ring (bicyclic) bond motifs is 1. The molecule has 0 saturated heterocycles. The van der Waals surface area contributed by atoms with Crippen LogP contribution in [0.5, 0.6) is 0 Å². The lowest BCUT2D eigenvalue weighted by Gasteiger charge is -2.11. The zero-order valence-corrected chi connectivity index (χ0v) is 12.7. The van der Waals surface area contributed by atoms with Gasteiger partial charge in [-0.1, -0.05) is 0 Å². The maximum absolute atomic E-state index is 12.0. The molecular formula is C17H16N2O4. The Balaban J connectivity index is 2.03. The highest BCUT2D eigenvalue weighted by atomic mass is 16.6. The SMILES string of the molecule is CCOC(=O)c1cnc(-c2ccc([N+](=O)[O-])cc2)c2c1CCC2. The molecule has 0 bridgehead atoms. The molecule has 2 aromatic rings. The van der Waals surface area contributed by atoms with Crippen LogP contribution in [0.2, 0.25) is 0 Å². The molecule has 0 fully saturated rings. The average molecular weight is 312 g/mol. The molecule has 6 heteroatoms. The first-order valence-corrected chi connectivity index (χ1v) is 7.54. The predicted octanol–water partition coefficient (Wildman–Crippen LogP) is 3.32. The van der Waals surface area contributed by atoms with Gasteiger partial charge in [0.25, 0.3) is 5.69 Å². The van der Waals surface area contributed by atoms with E-state index in [1.54, 1.807) is 25.3 Å². The minimum atomic E-state index is -0.425. The van der Waals surface area contributed by atoms with E-state index in [1.807, 2.05) is 0 Å². The van der Waals surface area contributed by atoms with Crippen LogP contribution in [0.25, 0.3) is 11.3 Å². The molecule has 0 N–H and O–H groups in total. The van der Waals surface area contributed by atoms with Gasteiger partial charge in [-0.15, -0.1) is 0 Å². The van der Waals surface area contributed by atoms with Crippen molar-refractivity contribution < 1.29 is 14.5 Å². The lowest BCUT2D eigenvalue weighted by molar-refractivity contribution is -0.384. The summed E-state index contributed by atoms with van der Waals surface area (Å²) in [6.07, 6.45) is 4.19. The number of carbonyl (C=O) groups excluding carboxylic acids is 1. The van der Waals surface area contributed by atoms with Crippen LogP contribution in [0, 0.1) is 10.1 Å². The third-order valence-electron chi connectivity index (χ3n) is 4.00. The number of esters is 1. The summed E-state index contributed by atoms with van der Waals surface area (Å²) in [5.41, 5.74) is 4.24. The molecule has 118 valence electrons. The van der Waals surface area contributed by atoms with Gasteiger partial charge in [0.1, 0.15) is 0 Å². The van der Waals surface area contributed by atoms with E-state index in [4.69, 9.17) is 4.74 Å². The Morgan fingerprint density at radius 2 is 1.96 bits per heavy atom. The Bertz CT molecular complexity index is 769. The molecule has 3 rings (SSSR count). The van der Waals surface area contributed by atoms with E-state index in [0.717, 1.165) is 41.6 Å². The van der Waals surface area contributed by atoms with Crippen LogP contribution in [0.4, 0.5) is 5.69 Å². The van der Waals surface area contributed by atoms with Crippen molar-refractivity contribution in [2.24, 2.45) is 0 Å². The van der Waals surface area contributed by atoms with Crippen molar-refractivity contribution in [1.29, 1.82) is 0 Å². The molecule has 0 spiro atoms. The van der Waals surface area contributed by atoms with Crippen LogP contribution >= 0.6 is 0 Å². The predicted molar refractivity (Wildman–Crippen MR) is 84.3 cm³/mol. The molecule has 0 aliphatic heterocycles. The lowest BCUT2D eigenvalue weighted by Crippen LogP contribution is -2.09. The summed E-state index contributed by atoms with van der Waals surface area (Å²) in [6.45, 7) is 2.11. The Morgan fingerprint density at radius 1 is 1.26 bits per heavy atom. The number of aromatic nitrogens is 1. The Kier molecular flexibility index (Phi) is 4.06. The third kappa shape index (κ3) is 2.79. The molecule has 1 aromatic carbocycles. The fourth-order valence-electron chi connectivity index (χ4n) is 2.96. The molecule has 1 aliphatic rings. The van der Waals surface area contributed by atoms with E-state index in [-0.39, 0.29) is 11.7 Å². The van der Waals surface area contributed by atoms with Gasteiger partial charge in [0, 0.05) is 23.9 Å². The fourth-order valence-corrected chi connectivity index (χ4v) is 2.96. The minimum absolute atomic E-state index is 0.0496. The second-order valence-corrected chi connectivity index (χ2v) is 5.36. The van der Waals surface area contributed by atoms with Gasteiger partial charge in [-0.05, 0) is 49.4 Å². The monoisotopic (exact) mass is 312 g/mol. The number of benzene rings is 1. The third-order valence-corrected chi connectivity index (χ3v) is 4.00. The highest BCUT2D eigenvalue weighted by molar-refractivity contribution is 5.92. The summed E-state index contributed by atoms with van der Waals surface area (Å²) in [5, 5.41) is 10.8. The van der Waals surface area contributed by atoms with E-state index in [0.29, 0.717) is 12.2 Å². The number of nitrogens with zero attached hydrogens (tertiary/aromatic N) is 2. The number of ether oxygens (including phenoxy) is 1. The summed E-state index contributed by atoms with van der Waals surface area (Å²) < 4.78 is 5.09. The first kappa shape index (κ1) is 15.1. The van der Waals surface area contributed by atoms with Crippen LogP contribution in [-0.2, 0) is 17.6 Å². The van der Waals surface area contributed by atoms with Crippen LogP contribution in [0.1, 0.15) is 34.8 Å². The first-order chi connectivity index (χ1) is 11.1. The Morgan fingerprint density at radius 3 is 2.61 bits per heavy atom. The summed E-state index contributed by atoms with van der Waals surface area (Å²) >= 11 is 0. The summed E-state index contributed by atoms with van der Waals surface area (Å²) in [6, 6.07) is 6.33. The average Bonchev–Trinajstić information content (AvgIpc) is 3.03. The molecule has 0 radical (unpaired) electrons. The van der Waals surface area contributed by atoms with E-state index in [1.165, 1.54) is 12.1 Å². The molecule has 1 aromatic heterocycles. The molecule has 0 unspecified atom stereocenters. The molecule has 6 nitrogen and oxygen atoms in total. The number of non-ortho nitro benzene ring substituents is 1. The fraction of sp³-hybridized carbons (Fsp3) is 0.294. The molecule has 1 aliphatic carbocycles. The highest BCUT2D eigenvalue weighted by Gasteiger charge is 2.24. The number of nitro benzene ring substituents is 1. The molecule has 1 heterocycles. The zero-order chi connectivity index (χ0) is 16.4. The second kappa shape index (κ2) is 6.16. The topological polar surface area (TPSA) is 82.3 Å². The molecule has 23 heavy (non-hydrogen) atoms. The van der Waals surface area contributed by atoms with Crippen molar-refractivity contribution in [3.63, 3.8) is 0 Å². The largest absolute Gasteiger partial charge is 0.462 e. The van der Waals surface area contributed by atoms with Crippen LogP contribution in [0.3, 0.4) is 0 Å². The Hall–Kier alpha value is -2.76. The number of hydrogen-bond donors (Lipinski definition) is 0. The Labute approximate surface area is 133 Å². The van der Waals surface area contributed by atoms with Gasteiger partial charge in [0.15, 0.2) is 0 Å². The maximum Gasteiger partial charge on any atom is 0.339 e. The van der Waals surface area contributed by atoms with Gasteiger partial charge >= 0.3 is 5.97 Å². The van der Waals surface area contributed by atoms with E-state index in [9.17, 15) is 14.9 Å². The van der Waals surface area contributed by atoms with E-state index in [2.05, 4.69) is 4.98 Å². The van der Waals surface area contributed by atoms with Gasteiger partial charge in [0.05, 0.1) is 22.8 Å². The maximum atomic E-state index is 12.0. The zero-order valence-electron chi connectivity index (χ0n) is 12.7. The normalized spacial score (nSPS) is 12.7. The first-order valence-electron chi connectivity index (χ1n) is 7.54. The minimum Gasteiger partial charge on any atom is -0.462 e. The van der Waals surface area contributed by atoms with Crippen molar-refractivity contribution in [2.45, 2.75) is 26.2 Å². The quantitative estimate of drug-likeness (QED) is 0.491. The van der Waals surface area contributed by atoms with Crippen molar-refractivity contribution in [2.75, 3.05) is 6.61 Å². The van der Waals surface area contributed by atoms with Crippen molar-refractivity contribution in [3.05, 3.63) is 57.3 Å². The van der Waals surface area contributed by atoms with Crippen molar-refractivity contribution in [3.8, 4) is 11.3 Å². The van der Waals surface area contributed by atoms with Gasteiger partial charge in [0.2, 0.25) is 0 Å². The number of hydrogen-bond acceptors (Lipinski definition) is 5. The number of rotatable bonds is 4. The second-order valence-electron chi connectivity index (χ2n) is 5.36.